The summed E-state index contributed by atoms with van der Waals surface area (Å²) < 4.78 is 1.80. The fraction of sp³-hybridized carbons (Fsp3) is 0.727. The van der Waals surface area contributed by atoms with Gasteiger partial charge in [0, 0.05) is 18.8 Å². The van der Waals surface area contributed by atoms with Crippen LogP contribution in [0.3, 0.4) is 0 Å². The van der Waals surface area contributed by atoms with Crippen molar-refractivity contribution in [1.82, 2.24) is 9.78 Å². The fourth-order valence-electron chi connectivity index (χ4n) is 3.10. The number of aliphatic hydroxyl groups is 1. The lowest BCUT2D eigenvalue weighted by molar-refractivity contribution is 0.0201. The highest BCUT2D eigenvalue weighted by Gasteiger charge is 2.58. The van der Waals surface area contributed by atoms with Crippen LogP contribution in [0.4, 0.5) is 0 Å². The number of aryl methyl sites for hydroxylation is 2. The van der Waals surface area contributed by atoms with Gasteiger partial charge >= 0.3 is 0 Å². The zero-order valence-corrected chi connectivity index (χ0v) is 8.70. The maximum atomic E-state index is 10.6. The lowest BCUT2D eigenvalue weighted by atomic mass is 9.89. The highest BCUT2D eigenvalue weighted by Crippen LogP contribution is 2.61. The van der Waals surface area contributed by atoms with Crippen molar-refractivity contribution in [3.63, 3.8) is 0 Å². The molecule has 1 aromatic rings. The molecule has 2 fully saturated rings. The molecule has 0 spiro atoms. The molecule has 2 aliphatic carbocycles. The van der Waals surface area contributed by atoms with Crippen LogP contribution in [0.2, 0.25) is 0 Å². The molecule has 0 amide bonds. The number of fused-ring (bicyclic) bond motifs is 1. The third kappa shape index (κ3) is 0.934. The summed E-state index contributed by atoms with van der Waals surface area (Å²) in [5.74, 6) is 1.31. The summed E-state index contributed by atoms with van der Waals surface area (Å²) in [5, 5.41) is 14.9. The average Bonchev–Trinajstić information content (AvgIpc) is 2.74. The van der Waals surface area contributed by atoms with E-state index in [2.05, 4.69) is 5.10 Å². The first kappa shape index (κ1) is 8.48. The van der Waals surface area contributed by atoms with E-state index in [0.717, 1.165) is 23.6 Å². The van der Waals surface area contributed by atoms with E-state index < -0.39 is 5.60 Å². The second-order valence-corrected chi connectivity index (χ2v) is 4.87. The summed E-state index contributed by atoms with van der Waals surface area (Å²) >= 11 is 0. The maximum Gasteiger partial charge on any atom is 0.0960 e. The Hall–Kier alpha value is -0.830. The molecule has 0 bridgehead atoms. The molecule has 0 saturated heterocycles. The van der Waals surface area contributed by atoms with Gasteiger partial charge in [-0.25, -0.2) is 0 Å². The Kier molecular flexibility index (Phi) is 1.45. The molecular formula is C11H16N2O. The van der Waals surface area contributed by atoms with Gasteiger partial charge in [-0.2, -0.15) is 5.10 Å². The Balaban J connectivity index is 2.05. The minimum atomic E-state index is -0.553. The lowest BCUT2D eigenvalue weighted by Crippen LogP contribution is -2.25. The van der Waals surface area contributed by atoms with Crippen molar-refractivity contribution in [2.24, 2.45) is 18.9 Å². The highest BCUT2D eigenvalue weighted by atomic mass is 16.3. The molecule has 0 radical (unpaired) electrons. The standard InChI is InChI=1S/C11H16N2O/c1-7-10(6-13(2)12-7)11(14)4-3-8-5-9(8)11/h6,8-9,14H,3-5H2,1-2H3. The largest absolute Gasteiger partial charge is 0.385 e. The second-order valence-electron chi connectivity index (χ2n) is 4.87. The first-order valence-electron chi connectivity index (χ1n) is 5.34. The van der Waals surface area contributed by atoms with Crippen LogP contribution in [0, 0.1) is 18.8 Å². The van der Waals surface area contributed by atoms with Gasteiger partial charge < -0.3 is 5.11 Å². The number of hydrogen-bond donors (Lipinski definition) is 1. The van der Waals surface area contributed by atoms with Crippen molar-refractivity contribution in [2.75, 3.05) is 0 Å². The van der Waals surface area contributed by atoms with Gasteiger partial charge in [-0.3, -0.25) is 4.68 Å². The van der Waals surface area contributed by atoms with Crippen LogP contribution in [0.15, 0.2) is 6.20 Å². The van der Waals surface area contributed by atoms with Gasteiger partial charge in [0.25, 0.3) is 0 Å². The molecule has 3 unspecified atom stereocenters. The van der Waals surface area contributed by atoms with Gasteiger partial charge in [-0.05, 0) is 38.0 Å². The molecule has 1 heterocycles. The van der Waals surface area contributed by atoms with Gasteiger partial charge in [0.1, 0.15) is 0 Å². The molecule has 3 atom stereocenters. The summed E-state index contributed by atoms with van der Waals surface area (Å²) in [7, 11) is 1.92. The highest BCUT2D eigenvalue weighted by molar-refractivity contribution is 5.29. The molecule has 2 aliphatic rings. The monoisotopic (exact) mass is 192 g/mol. The average molecular weight is 192 g/mol. The molecule has 0 aliphatic heterocycles. The normalized spacial score (nSPS) is 39.9. The molecule has 3 rings (SSSR count). The molecule has 2 saturated carbocycles. The lowest BCUT2D eigenvalue weighted by Gasteiger charge is -2.24. The maximum absolute atomic E-state index is 10.6. The van der Waals surface area contributed by atoms with Crippen LogP contribution < -0.4 is 0 Å². The van der Waals surface area contributed by atoms with Crippen molar-refractivity contribution >= 4 is 0 Å². The van der Waals surface area contributed by atoms with Crippen molar-refractivity contribution in [3.05, 3.63) is 17.5 Å². The zero-order chi connectivity index (χ0) is 9.92. The van der Waals surface area contributed by atoms with Gasteiger partial charge in [-0.15, -0.1) is 0 Å². The topological polar surface area (TPSA) is 38.0 Å². The Bertz CT molecular complexity index is 385. The molecule has 14 heavy (non-hydrogen) atoms. The minimum absolute atomic E-state index is 0.519. The van der Waals surface area contributed by atoms with Crippen LogP contribution >= 0.6 is 0 Å². The van der Waals surface area contributed by atoms with E-state index in [1.165, 1.54) is 12.8 Å². The van der Waals surface area contributed by atoms with Crippen LogP contribution in [-0.2, 0) is 12.6 Å². The summed E-state index contributed by atoms with van der Waals surface area (Å²) in [6, 6.07) is 0. The van der Waals surface area contributed by atoms with E-state index in [1.807, 2.05) is 20.2 Å². The van der Waals surface area contributed by atoms with E-state index in [9.17, 15) is 5.11 Å². The molecule has 3 heteroatoms. The van der Waals surface area contributed by atoms with Crippen molar-refractivity contribution in [1.29, 1.82) is 0 Å². The first-order valence-corrected chi connectivity index (χ1v) is 5.34. The van der Waals surface area contributed by atoms with Crippen LogP contribution in [0.25, 0.3) is 0 Å². The smallest absolute Gasteiger partial charge is 0.0960 e. The molecule has 3 nitrogen and oxygen atoms in total. The molecule has 1 aromatic heterocycles. The SMILES string of the molecule is Cc1nn(C)cc1C1(O)CCC2CC21. The third-order valence-corrected chi connectivity index (χ3v) is 3.91. The molecule has 0 aromatic carbocycles. The van der Waals surface area contributed by atoms with E-state index in [-0.39, 0.29) is 0 Å². The Labute approximate surface area is 83.7 Å². The first-order chi connectivity index (χ1) is 6.61. The predicted octanol–water partition coefficient (Wildman–Crippen LogP) is 1.35. The van der Waals surface area contributed by atoms with Gasteiger partial charge in [0.15, 0.2) is 0 Å². The number of aromatic nitrogens is 2. The Morgan fingerprint density at radius 1 is 1.64 bits per heavy atom. The summed E-state index contributed by atoms with van der Waals surface area (Å²) in [6.45, 7) is 1.99. The van der Waals surface area contributed by atoms with Crippen LogP contribution in [0.5, 0.6) is 0 Å². The van der Waals surface area contributed by atoms with Crippen molar-refractivity contribution in [3.8, 4) is 0 Å². The van der Waals surface area contributed by atoms with Gasteiger partial charge in [0.2, 0.25) is 0 Å². The Morgan fingerprint density at radius 3 is 2.86 bits per heavy atom. The fourth-order valence-corrected chi connectivity index (χ4v) is 3.10. The van der Waals surface area contributed by atoms with Crippen molar-refractivity contribution < 1.29 is 5.11 Å². The van der Waals surface area contributed by atoms with Crippen LogP contribution in [-0.4, -0.2) is 14.9 Å². The van der Waals surface area contributed by atoms with Crippen molar-refractivity contribution in [2.45, 2.75) is 31.8 Å². The van der Waals surface area contributed by atoms with E-state index in [4.69, 9.17) is 0 Å². The Morgan fingerprint density at radius 2 is 2.43 bits per heavy atom. The molecule has 1 N–H and O–H groups in total. The summed E-state index contributed by atoms with van der Waals surface area (Å²) in [4.78, 5) is 0. The van der Waals surface area contributed by atoms with Gasteiger partial charge in [-0.1, -0.05) is 0 Å². The number of nitrogens with zero attached hydrogens (tertiary/aromatic N) is 2. The van der Waals surface area contributed by atoms with E-state index in [1.54, 1.807) is 4.68 Å². The summed E-state index contributed by atoms with van der Waals surface area (Å²) in [5.41, 5.74) is 1.50. The molecule has 76 valence electrons. The zero-order valence-electron chi connectivity index (χ0n) is 8.70. The predicted molar refractivity (Wildman–Crippen MR) is 52.7 cm³/mol. The molecular weight excluding hydrogens is 176 g/mol. The quantitative estimate of drug-likeness (QED) is 0.729. The third-order valence-electron chi connectivity index (χ3n) is 3.91. The number of rotatable bonds is 1. The minimum Gasteiger partial charge on any atom is -0.385 e. The van der Waals surface area contributed by atoms with Gasteiger partial charge in [0.05, 0.1) is 11.3 Å². The summed E-state index contributed by atoms with van der Waals surface area (Å²) in [6.07, 6.45) is 5.31. The van der Waals surface area contributed by atoms with E-state index >= 15 is 0 Å². The van der Waals surface area contributed by atoms with E-state index in [0.29, 0.717) is 5.92 Å². The second kappa shape index (κ2) is 2.40. The van der Waals surface area contributed by atoms with Crippen LogP contribution in [0.1, 0.15) is 30.5 Å². The number of hydrogen-bond acceptors (Lipinski definition) is 2.